The van der Waals surface area contributed by atoms with Crippen molar-refractivity contribution < 1.29 is 69.8 Å². The molecule has 1 aromatic carbocycles. The maximum Gasteiger partial charge on any atom is 2.00 e. The topological polar surface area (TPSA) is 26.0 Å². The molecule has 0 saturated heterocycles. The molecule has 2 radical (unpaired) electrons. The van der Waals surface area contributed by atoms with E-state index in [2.05, 4.69) is 34.6 Å². The third-order valence-electron chi connectivity index (χ3n) is 3.89. The summed E-state index contributed by atoms with van der Waals surface area (Å²) in [6.45, 7) is 13.0. The van der Waals surface area contributed by atoms with Gasteiger partial charge in [0.15, 0.2) is 0 Å². The molecule has 2 N–H and O–H groups in total. The van der Waals surface area contributed by atoms with E-state index in [-0.39, 0.29) is 19.5 Å². The largest absolute Gasteiger partial charge is 2.00 e. The van der Waals surface area contributed by atoms with Crippen molar-refractivity contribution in [2.45, 2.75) is 41.5 Å². The van der Waals surface area contributed by atoms with Crippen molar-refractivity contribution >= 4 is 21.3 Å². The van der Waals surface area contributed by atoms with Gasteiger partial charge in [0.25, 0.3) is 0 Å². The molecular formula is C17H24F12NP2Rh. The zero-order chi connectivity index (χ0) is 26.7. The summed E-state index contributed by atoms with van der Waals surface area (Å²) in [6.07, 6.45) is 0. The third kappa shape index (κ3) is 31.1. The van der Waals surface area contributed by atoms with E-state index < -0.39 is 15.6 Å². The van der Waals surface area contributed by atoms with Crippen molar-refractivity contribution in [3.05, 3.63) is 58.0 Å². The van der Waals surface area contributed by atoms with Crippen molar-refractivity contribution in [3.8, 4) is 0 Å². The van der Waals surface area contributed by atoms with Crippen LogP contribution in [0.4, 0.5) is 56.1 Å². The average Bonchev–Trinajstić information content (AvgIpc) is 2.63. The molecule has 33 heavy (non-hydrogen) atoms. The van der Waals surface area contributed by atoms with Gasteiger partial charge in [-0.1, -0.05) is 35.8 Å². The minimum absolute atomic E-state index is 0. The first-order chi connectivity index (χ1) is 13.2. The Labute approximate surface area is 196 Å². The minimum atomic E-state index is -10.7. The summed E-state index contributed by atoms with van der Waals surface area (Å²) in [5, 5.41) is 0. The summed E-state index contributed by atoms with van der Waals surface area (Å²) in [6, 6.07) is 7.79. The first-order valence-electron chi connectivity index (χ1n) is 8.39. The van der Waals surface area contributed by atoms with Crippen molar-refractivity contribution in [1.29, 1.82) is 0 Å². The van der Waals surface area contributed by atoms with E-state index >= 15 is 0 Å². The molecule has 0 aromatic heterocycles. The van der Waals surface area contributed by atoms with Crippen LogP contribution in [0.2, 0.25) is 0 Å². The maximum absolute atomic E-state index is 10.7. The van der Waals surface area contributed by atoms with Crippen LogP contribution in [-0.4, -0.2) is 0 Å². The van der Waals surface area contributed by atoms with Gasteiger partial charge >= 0.3 is 85.5 Å². The van der Waals surface area contributed by atoms with Crippen LogP contribution in [0.25, 0.3) is 0 Å². The molecule has 16 heteroatoms. The summed E-state index contributed by atoms with van der Waals surface area (Å²) in [4.78, 5) is 0. The summed E-state index contributed by atoms with van der Waals surface area (Å²) < 4.78 is 118. The fourth-order valence-corrected chi connectivity index (χ4v) is 1.97. The number of anilines is 1. The SMILES string of the molecule is C[C]1C(C)=C(C)C(C)=C1C.Cc1ccc(N)cc1.F[P-](F)(F)(F)(F)F.F[P-](F)(F)(F)(F)F.[Rh+2]. The molecule has 0 aliphatic heterocycles. The quantitative estimate of drug-likeness (QED) is 0.131. The van der Waals surface area contributed by atoms with Crippen LogP contribution in [0, 0.1) is 12.8 Å². The van der Waals surface area contributed by atoms with Gasteiger partial charge < -0.3 is 5.73 Å². The molecule has 0 fully saturated rings. The van der Waals surface area contributed by atoms with E-state index in [0.29, 0.717) is 0 Å². The number of aryl methyl sites for hydroxylation is 1. The average molecular weight is 635 g/mol. The standard InChI is InChI=1S/C10H15.C7H9N.2F6P.Rh/c1-6-7(2)9(4)10(5)8(6)3;1-6-2-4-7(8)5-3-6;2*1-7(2,3,4,5)6;/h1-5H3;2-5H,8H2,1H3;;;/q;;2*-1;+2. The number of rotatable bonds is 0. The van der Waals surface area contributed by atoms with Crippen LogP contribution in [0.1, 0.15) is 40.2 Å². The smallest absolute Gasteiger partial charge is 2.00 e. The Hall–Kier alpha value is -0.857. The number of nitrogens with two attached hydrogens (primary N) is 1. The van der Waals surface area contributed by atoms with Crippen molar-refractivity contribution in [3.63, 3.8) is 0 Å². The zero-order valence-electron chi connectivity index (χ0n) is 18.2. The van der Waals surface area contributed by atoms with Crippen LogP contribution in [0.3, 0.4) is 0 Å². The van der Waals surface area contributed by atoms with Crippen LogP contribution in [0.15, 0.2) is 46.6 Å². The van der Waals surface area contributed by atoms with Crippen molar-refractivity contribution in [2.24, 2.45) is 0 Å². The van der Waals surface area contributed by atoms with Gasteiger partial charge in [0.05, 0.1) is 0 Å². The number of nitrogen functional groups attached to an aromatic ring is 1. The molecule has 1 aliphatic carbocycles. The molecule has 0 atom stereocenters. The Balaban J connectivity index is -0.000000365. The number of halogens is 12. The number of benzene rings is 1. The Bertz CT molecular complexity index is 772. The molecule has 0 saturated carbocycles. The van der Waals surface area contributed by atoms with Gasteiger partial charge in [-0.15, -0.1) is 0 Å². The molecule has 0 amide bonds. The summed E-state index contributed by atoms with van der Waals surface area (Å²) in [7, 11) is -21.3. The fourth-order valence-electron chi connectivity index (χ4n) is 1.97. The molecule has 1 aliphatic rings. The van der Waals surface area contributed by atoms with E-state index in [0.717, 1.165) is 5.69 Å². The van der Waals surface area contributed by atoms with Gasteiger partial charge in [-0.25, -0.2) is 0 Å². The van der Waals surface area contributed by atoms with Gasteiger partial charge in [0, 0.05) is 11.6 Å². The number of hydrogen-bond acceptors (Lipinski definition) is 1. The van der Waals surface area contributed by atoms with Gasteiger partial charge in [-0.2, -0.15) is 0 Å². The third-order valence-corrected chi connectivity index (χ3v) is 3.89. The van der Waals surface area contributed by atoms with Crippen LogP contribution in [-0.2, 0) is 19.5 Å². The second-order valence-corrected chi connectivity index (χ2v) is 10.8. The van der Waals surface area contributed by atoms with Crippen molar-refractivity contribution in [1.82, 2.24) is 0 Å². The zero-order valence-corrected chi connectivity index (χ0v) is 21.6. The molecule has 2 rings (SSSR count). The minimum Gasteiger partial charge on any atom is 2.00 e. The molecule has 1 aromatic rings. The first-order valence-corrected chi connectivity index (χ1v) is 12.4. The van der Waals surface area contributed by atoms with Gasteiger partial charge in [-0.05, 0) is 57.9 Å². The van der Waals surface area contributed by atoms with Crippen LogP contribution >= 0.6 is 15.6 Å². The summed E-state index contributed by atoms with van der Waals surface area (Å²) in [5.74, 6) is 1.47. The van der Waals surface area contributed by atoms with E-state index in [4.69, 9.17) is 5.73 Å². The van der Waals surface area contributed by atoms with E-state index in [9.17, 15) is 50.4 Å². The van der Waals surface area contributed by atoms with Crippen molar-refractivity contribution in [2.75, 3.05) is 5.73 Å². The van der Waals surface area contributed by atoms with Gasteiger partial charge in [-0.3, -0.25) is 0 Å². The molecule has 200 valence electrons. The Morgan fingerprint density at radius 1 is 0.485 bits per heavy atom. The molecule has 1 nitrogen and oxygen atoms in total. The fraction of sp³-hybridized carbons (Fsp3) is 0.353. The van der Waals surface area contributed by atoms with Gasteiger partial charge in [0.1, 0.15) is 0 Å². The second kappa shape index (κ2) is 9.65. The Morgan fingerprint density at radius 3 is 0.818 bits per heavy atom. The molecular weight excluding hydrogens is 611 g/mol. The second-order valence-electron chi connectivity index (χ2n) is 6.95. The Kier molecular flexibility index (Phi) is 10.7. The molecule has 0 bridgehead atoms. The van der Waals surface area contributed by atoms with E-state index in [1.165, 1.54) is 33.8 Å². The number of allylic oxidation sites excluding steroid dienone is 4. The predicted molar refractivity (Wildman–Crippen MR) is 108 cm³/mol. The number of hydrogen-bond donors (Lipinski definition) is 1. The monoisotopic (exact) mass is 635 g/mol. The van der Waals surface area contributed by atoms with E-state index in [1.54, 1.807) is 0 Å². The first kappa shape index (κ1) is 36.7. The molecule has 0 unspecified atom stereocenters. The predicted octanol–water partition coefficient (Wildman–Crippen LogP) is 11.6. The summed E-state index contributed by atoms with van der Waals surface area (Å²) in [5.41, 5.74) is 13.4. The Morgan fingerprint density at radius 2 is 0.697 bits per heavy atom. The summed E-state index contributed by atoms with van der Waals surface area (Å²) >= 11 is 0. The van der Waals surface area contributed by atoms with Crippen LogP contribution < -0.4 is 5.73 Å². The van der Waals surface area contributed by atoms with Gasteiger partial charge in [0.2, 0.25) is 0 Å². The molecule has 0 spiro atoms. The normalized spacial score (nSPS) is 18.5. The molecule has 0 heterocycles. The van der Waals surface area contributed by atoms with Crippen LogP contribution in [0.5, 0.6) is 0 Å². The van der Waals surface area contributed by atoms with E-state index in [1.807, 2.05) is 31.2 Å². The maximum atomic E-state index is 9.87.